The summed E-state index contributed by atoms with van der Waals surface area (Å²) < 4.78 is 0. The van der Waals surface area contributed by atoms with Gasteiger partial charge in [0.1, 0.15) is 0 Å². The predicted molar refractivity (Wildman–Crippen MR) is 55.4 cm³/mol. The molecular formula is C10H17N3. The molecule has 0 aliphatic rings. The number of rotatable bonds is 3. The van der Waals surface area contributed by atoms with Crippen molar-refractivity contribution in [3.8, 4) is 0 Å². The molecule has 72 valence electrons. The van der Waals surface area contributed by atoms with Crippen LogP contribution in [0.5, 0.6) is 0 Å². The van der Waals surface area contributed by atoms with Gasteiger partial charge in [-0.2, -0.15) is 0 Å². The molecular weight excluding hydrogens is 162 g/mol. The Kier molecular flexibility index (Phi) is 3.25. The predicted octanol–water partition coefficient (Wildman–Crippen LogP) is 1.29. The highest BCUT2D eigenvalue weighted by molar-refractivity contribution is 5.44. The highest BCUT2D eigenvalue weighted by Crippen LogP contribution is 2.12. The largest absolute Gasteiger partial charge is 0.397 e. The zero-order chi connectivity index (χ0) is 9.84. The lowest BCUT2D eigenvalue weighted by atomic mass is 10.2. The molecule has 0 amide bonds. The van der Waals surface area contributed by atoms with Gasteiger partial charge in [-0.3, -0.25) is 4.98 Å². The lowest BCUT2D eigenvalue weighted by Gasteiger charge is -2.10. The third-order valence-corrected chi connectivity index (χ3v) is 1.89. The van der Waals surface area contributed by atoms with E-state index in [1.165, 1.54) is 5.56 Å². The van der Waals surface area contributed by atoms with Crippen molar-refractivity contribution in [1.29, 1.82) is 0 Å². The summed E-state index contributed by atoms with van der Waals surface area (Å²) in [7, 11) is 4.06. The first kappa shape index (κ1) is 9.99. The van der Waals surface area contributed by atoms with E-state index >= 15 is 0 Å². The molecule has 0 spiro atoms. The van der Waals surface area contributed by atoms with Crippen molar-refractivity contribution in [2.45, 2.75) is 19.9 Å². The minimum Gasteiger partial charge on any atom is -0.397 e. The molecule has 0 bridgehead atoms. The first-order valence-electron chi connectivity index (χ1n) is 4.51. The molecule has 13 heavy (non-hydrogen) atoms. The van der Waals surface area contributed by atoms with E-state index in [2.05, 4.69) is 16.8 Å². The maximum absolute atomic E-state index is 5.83. The summed E-state index contributed by atoms with van der Waals surface area (Å²) in [6.07, 6.45) is 2.79. The third-order valence-electron chi connectivity index (χ3n) is 1.89. The third kappa shape index (κ3) is 2.70. The second-order valence-corrected chi connectivity index (χ2v) is 3.47. The fourth-order valence-electron chi connectivity index (χ4n) is 1.30. The van der Waals surface area contributed by atoms with Crippen LogP contribution in [0.25, 0.3) is 0 Å². The minimum absolute atomic E-state index is 0.807. The Morgan fingerprint density at radius 3 is 2.62 bits per heavy atom. The molecule has 1 aromatic rings. The van der Waals surface area contributed by atoms with E-state index in [0.717, 1.165) is 24.3 Å². The maximum atomic E-state index is 5.83. The summed E-state index contributed by atoms with van der Waals surface area (Å²) in [6.45, 7) is 2.95. The van der Waals surface area contributed by atoms with Crippen molar-refractivity contribution in [2.75, 3.05) is 19.8 Å². The van der Waals surface area contributed by atoms with E-state index in [1.54, 1.807) is 0 Å². The van der Waals surface area contributed by atoms with E-state index in [0.29, 0.717) is 0 Å². The Morgan fingerprint density at radius 1 is 1.46 bits per heavy atom. The van der Waals surface area contributed by atoms with E-state index in [1.807, 2.05) is 26.4 Å². The van der Waals surface area contributed by atoms with Crippen LogP contribution in [0.3, 0.4) is 0 Å². The summed E-state index contributed by atoms with van der Waals surface area (Å²) >= 11 is 0. The molecule has 0 aliphatic carbocycles. The number of nitrogen functional groups attached to an aromatic ring is 1. The standard InChI is InChI=1S/C10H17N3/c1-4-10-9(11)5-8(6-12-10)7-13(2)3/h5-6H,4,7,11H2,1-3H3. The summed E-state index contributed by atoms with van der Waals surface area (Å²) in [5.41, 5.74) is 8.79. The second kappa shape index (κ2) is 4.23. The number of anilines is 1. The van der Waals surface area contributed by atoms with Gasteiger partial charge in [-0.15, -0.1) is 0 Å². The van der Waals surface area contributed by atoms with Gasteiger partial charge < -0.3 is 10.6 Å². The molecule has 0 aromatic carbocycles. The van der Waals surface area contributed by atoms with Gasteiger partial charge in [-0.25, -0.2) is 0 Å². The van der Waals surface area contributed by atoms with Gasteiger partial charge in [0.05, 0.1) is 11.4 Å². The summed E-state index contributed by atoms with van der Waals surface area (Å²) in [6, 6.07) is 2.01. The maximum Gasteiger partial charge on any atom is 0.0630 e. The van der Waals surface area contributed by atoms with Crippen molar-refractivity contribution in [2.24, 2.45) is 0 Å². The van der Waals surface area contributed by atoms with Gasteiger partial charge in [0.2, 0.25) is 0 Å². The smallest absolute Gasteiger partial charge is 0.0630 e. The number of aromatic nitrogens is 1. The molecule has 0 aliphatic heterocycles. The molecule has 0 fully saturated rings. The fraction of sp³-hybridized carbons (Fsp3) is 0.500. The molecule has 2 N–H and O–H groups in total. The second-order valence-electron chi connectivity index (χ2n) is 3.47. The van der Waals surface area contributed by atoms with Crippen LogP contribution >= 0.6 is 0 Å². The lowest BCUT2D eigenvalue weighted by Crippen LogP contribution is -2.11. The zero-order valence-electron chi connectivity index (χ0n) is 8.54. The zero-order valence-corrected chi connectivity index (χ0v) is 8.54. The van der Waals surface area contributed by atoms with Crippen molar-refractivity contribution in [3.63, 3.8) is 0 Å². The Labute approximate surface area is 79.6 Å². The molecule has 0 radical (unpaired) electrons. The average Bonchev–Trinajstić information content (AvgIpc) is 2.03. The van der Waals surface area contributed by atoms with Gasteiger partial charge >= 0.3 is 0 Å². The van der Waals surface area contributed by atoms with Gasteiger partial charge in [-0.1, -0.05) is 6.92 Å². The molecule has 1 rings (SSSR count). The van der Waals surface area contributed by atoms with Gasteiger partial charge in [0.25, 0.3) is 0 Å². The highest BCUT2D eigenvalue weighted by atomic mass is 15.0. The van der Waals surface area contributed by atoms with Crippen molar-refractivity contribution < 1.29 is 0 Å². The molecule has 3 nitrogen and oxygen atoms in total. The summed E-state index contributed by atoms with van der Waals surface area (Å²) in [5, 5.41) is 0. The molecule has 0 atom stereocenters. The molecule has 1 heterocycles. The number of nitrogens with zero attached hydrogens (tertiary/aromatic N) is 2. The van der Waals surface area contributed by atoms with Crippen LogP contribution < -0.4 is 5.73 Å². The SMILES string of the molecule is CCc1ncc(CN(C)C)cc1N. The van der Waals surface area contributed by atoms with E-state index in [-0.39, 0.29) is 0 Å². The Hall–Kier alpha value is -1.09. The monoisotopic (exact) mass is 179 g/mol. The molecule has 3 heteroatoms. The van der Waals surface area contributed by atoms with Crippen LogP contribution in [0, 0.1) is 0 Å². The van der Waals surface area contributed by atoms with E-state index < -0.39 is 0 Å². The topological polar surface area (TPSA) is 42.2 Å². The van der Waals surface area contributed by atoms with Gasteiger partial charge in [-0.05, 0) is 32.1 Å². The lowest BCUT2D eigenvalue weighted by molar-refractivity contribution is 0.402. The fourth-order valence-corrected chi connectivity index (χ4v) is 1.30. The molecule has 0 unspecified atom stereocenters. The summed E-state index contributed by atoms with van der Waals surface area (Å²) in [4.78, 5) is 6.40. The van der Waals surface area contributed by atoms with Crippen molar-refractivity contribution in [3.05, 3.63) is 23.5 Å². The van der Waals surface area contributed by atoms with Crippen molar-refractivity contribution >= 4 is 5.69 Å². The van der Waals surface area contributed by atoms with Crippen LogP contribution in [0.15, 0.2) is 12.3 Å². The number of aryl methyl sites for hydroxylation is 1. The van der Waals surface area contributed by atoms with Crippen LogP contribution in [-0.4, -0.2) is 24.0 Å². The number of nitrogens with two attached hydrogens (primary N) is 1. The highest BCUT2D eigenvalue weighted by Gasteiger charge is 2.01. The van der Waals surface area contributed by atoms with Gasteiger partial charge in [0, 0.05) is 12.7 Å². The van der Waals surface area contributed by atoms with Crippen LogP contribution in [0.1, 0.15) is 18.2 Å². The normalized spacial score (nSPS) is 10.8. The minimum atomic E-state index is 0.807. The van der Waals surface area contributed by atoms with Crippen LogP contribution in [0.4, 0.5) is 5.69 Å². The number of hydrogen-bond acceptors (Lipinski definition) is 3. The Bertz CT molecular complexity index is 281. The van der Waals surface area contributed by atoms with E-state index in [4.69, 9.17) is 5.73 Å². The summed E-state index contributed by atoms with van der Waals surface area (Å²) in [5.74, 6) is 0. The van der Waals surface area contributed by atoms with Crippen LogP contribution in [0.2, 0.25) is 0 Å². The van der Waals surface area contributed by atoms with Crippen molar-refractivity contribution in [1.82, 2.24) is 9.88 Å². The Morgan fingerprint density at radius 2 is 2.15 bits per heavy atom. The first-order valence-corrected chi connectivity index (χ1v) is 4.51. The van der Waals surface area contributed by atoms with Gasteiger partial charge in [0.15, 0.2) is 0 Å². The first-order chi connectivity index (χ1) is 6.13. The molecule has 0 saturated heterocycles. The number of hydrogen-bond donors (Lipinski definition) is 1. The number of pyridine rings is 1. The van der Waals surface area contributed by atoms with E-state index in [9.17, 15) is 0 Å². The quantitative estimate of drug-likeness (QED) is 0.760. The molecule has 0 saturated carbocycles. The average molecular weight is 179 g/mol. The Balaban J connectivity index is 2.83. The van der Waals surface area contributed by atoms with Crippen LogP contribution in [-0.2, 0) is 13.0 Å². The molecule has 1 aromatic heterocycles.